The molecule has 0 heterocycles. The lowest BCUT2D eigenvalue weighted by Gasteiger charge is -2.15. The first-order valence-corrected chi connectivity index (χ1v) is 12.7. The standard InChI is InChI=1S/C36H24O2/c37-32-19-17-26(21-30(32)23-9-3-1-4-10-23)35-28-15-7-13-25-14-8-16-29(34(25)28)36(35)27-18-20-33(38)31(22-27)24-11-5-2-6-12-24/h1-22,37-38H. The van der Waals surface area contributed by atoms with E-state index in [4.69, 9.17) is 0 Å². The second-order valence-electron chi connectivity index (χ2n) is 9.66. The fraction of sp³-hybridized carbons (Fsp3) is 0. The normalized spacial score (nSPS) is 12.3. The third-order valence-electron chi connectivity index (χ3n) is 7.43. The first kappa shape index (κ1) is 22.1. The molecule has 6 aromatic carbocycles. The van der Waals surface area contributed by atoms with Crippen LogP contribution in [0.3, 0.4) is 0 Å². The minimum atomic E-state index is 0.256. The van der Waals surface area contributed by atoms with Crippen molar-refractivity contribution < 1.29 is 10.2 Å². The van der Waals surface area contributed by atoms with E-state index < -0.39 is 0 Å². The summed E-state index contributed by atoms with van der Waals surface area (Å²) in [6.07, 6.45) is 0. The Morgan fingerprint density at radius 1 is 0.342 bits per heavy atom. The van der Waals surface area contributed by atoms with Crippen LogP contribution in [0.5, 0.6) is 11.5 Å². The Kier molecular flexibility index (Phi) is 5.12. The number of benzene rings is 6. The summed E-state index contributed by atoms with van der Waals surface area (Å²) in [7, 11) is 0. The second kappa shape index (κ2) is 8.79. The molecule has 0 saturated heterocycles. The van der Waals surface area contributed by atoms with Gasteiger partial charge in [-0.2, -0.15) is 0 Å². The van der Waals surface area contributed by atoms with Crippen molar-refractivity contribution in [1.29, 1.82) is 0 Å². The van der Waals surface area contributed by atoms with Crippen molar-refractivity contribution in [3.63, 3.8) is 0 Å². The van der Waals surface area contributed by atoms with Crippen molar-refractivity contribution in [2.75, 3.05) is 0 Å². The zero-order valence-electron chi connectivity index (χ0n) is 20.6. The quantitative estimate of drug-likeness (QED) is 0.260. The summed E-state index contributed by atoms with van der Waals surface area (Å²) in [5, 5.41) is 24.0. The van der Waals surface area contributed by atoms with Crippen molar-refractivity contribution in [3.8, 4) is 33.8 Å². The molecule has 38 heavy (non-hydrogen) atoms. The van der Waals surface area contributed by atoms with Gasteiger partial charge in [-0.15, -0.1) is 0 Å². The van der Waals surface area contributed by atoms with E-state index in [0.29, 0.717) is 0 Å². The van der Waals surface area contributed by atoms with E-state index in [-0.39, 0.29) is 11.5 Å². The molecule has 0 atom stereocenters. The van der Waals surface area contributed by atoms with Crippen molar-refractivity contribution in [3.05, 3.63) is 156 Å². The van der Waals surface area contributed by atoms with Crippen LogP contribution in [0.25, 0.3) is 44.2 Å². The van der Waals surface area contributed by atoms with Gasteiger partial charge in [0, 0.05) is 11.1 Å². The van der Waals surface area contributed by atoms with E-state index in [1.54, 1.807) is 12.1 Å². The summed E-state index contributed by atoms with van der Waals surface area (Å²) >= 11 is 0. The van der Waals surface area contributed by atoms with Gasteiger partial charge in [-0.25, -0.2) is 0 Å². The third-order valence-corrected chi connectivity index (χ3v) is 7.43. The molecule has 0 unspecified atom stereocenters. The molecule has 0 fully saturated rings. The zero-order valence-corrected chi connectivity index (χ0v) is 20.6. The average Bonchev–Trinajstić information content (AvgIpc) is 3.30. The Balaban J connectivity index is 1.52. The van der Waals surface area contributed by atoms with Gasteiger partial charge < -0.3 is 10.2 Å². The highest BCUT2D eigenvalue weighted by Crippen LogP contribution is 2.49. The molecule has 2 nitrogen and oxygen atoms in total. The van der Waals surface area contributed by atoms with Crippen molar-refractivity contribution in [1.82, 2.24) is 0 Å². The maximum atomic E-state index is 10.8. The molecule has 0 radical (unpaired) electrons. The Bertz CT molecular complexity index is 1730. The van der Waals surface area contributed by atoms with Crippen LogP contribution in [0.1, 0.15) is 22.3 Å². The molecule has 1 aliphatic rings. The molecule has 180 valence electrons. The molecule has 2 N–H and O–H groups in total. The Hall–Kier alpha value is -5.08. The molecule has 6 aromatic rings. The van der Waals surface area contributed by atoms with Crippen LogP contribution in [0.15, 0.2) is 133 Å². The molecule has 0 spiro atoms. The Morgan fingerprint density at radius 3 is 1.24 bits per heavy atom. The minimum Gasteiger partial charge on any atom is -0.507 e. The van der Waals surface area contributed by atoms with Gasteiger partial charge in [-0.05, 0) is 79.6 Å². The van der Waals surface area contributed by atoms with Crippen LogP contribution in [-0.2, 0) is 0 Å². The fourth-order valence-corrected chi connectivity index (χ4v) is 5.71. The molecular weight excluding hydrogens is 464 g/mol. The van der Waals surface area contributed by atoms with Gasteiger partial charge >= 0.3 is 0 Å². The van der Waals surface area contributed by atoms with Gasteiger partial charge in [-0.1, -0.05) is 109 Å². The summed E-state index contributed by atoms with van der Waals surface area (Å²) in [6.45, 7) is 0. The summed E-state index contributed by atoms with van der Waals surface area (Å²) in [6, 6.07) is 44.6. The van der Waals surface area contributed by atoms with Gasteiger partial charge in [0.05, 0.1) is 0 Å². The van der Waals surface area contributed by atoms with E-state index >= 15 is 0 Å². The Morgan fingerprint density at radius 2 is 0.789 bits per heavy atom. The number of hydrogen-bond acceptors (Lipinski definition) is 2. The van der Waals surface area contributed by atoms with Gasteiger partial charge in [0.1, 0.15) is 11.5 Å². The molecule has 0 aliphatic heterocycles. The van der Waals surface area contributed by atoms with E-state index in [0.717, 1.165) is 44.5 Å². The lowest BCUT2D eigenvalue weighted by molar-refractivity contribution is 0.476. The zero-order chi connectivity index (χ0) is 25.6. The predicted molar refractivity (Wildman–Crippen MR) is 156 cm³/mol. The molecule has 2 heteroatoms. The van der Waals surface area contributed by atoms with Crippen LogP contribution in [0, 0.1) is 0 Å². The van der Waals surface area contributed by atoms with Crippen LogP contribution < -0.4 is 0 Å². The molecule has 7 rings (SSSR count). The van der Waals surface area contributed by atoms with Crippen LogP contribution in [0.4, 0.5) is 0 Å². The van der Waals surface area contributed by atoms with Crippen molar-refractivity contribution >= 4 is 21.9 Å². The molecule has 0 bridgehead atoms. The van der Waals surface area contributed by atoms with Gasteiger partial charge in [0.25, 0.3) is 0 Å². The lowest BCUT2D eigenvalue weighted by Crippen LogP contribution is -1.93. The SMILES string of the molecule is Oc1ccc(C2=C(c3ccc(O)c(-c4ccccc4)c3)c3cccc4cccc2c34)cc1-c1ccccc1. The van der Waals surface area contributed by atoms with Gasteiger partial charge in [-0.3, -0.25) is 0 Å². The smallest absolute Gasteiger partial charge is 0.123 e. The molecule has 1 aliphatic carbocycles. The van der Waals surface area contributed by atoms with Crippen LogP contribution in [0.2, 0.25) is 0 Å². The second-order valence-corrected chi connectivity index (χ2v) is 9.66. The molecule has 0 saturated carbocycles. The minimum absolute atomic E-state index is 0.256. The van der Waals surface area contributed by atoms with Crippen molar-refractivity contribution in [2.45, 2.75) is 0 Å². The first-order valence-electron chi connectivity index (χ1n) is 12.7. The summed E-state index contributed by atoms with van der Waals surface area (Å²) < 4.78 is 0. The highest BCUT2D eigenvalue weighted by atomic mass is 16.3. The summed E-state index contributed by atoms with van der Waals surface area (Å²) in [4.78, 5) is 0. The summed E-state index contributed by atoms with van der Waals surface area (Å²) in [5.41, 5.74) is 10.2. The van der Waals surface area contributed by atoms with E-state index in [1.807, 2.05) is 72.8 Å². The summed E-state index contributed by atoms with van der Waals surface area (Å²) in [5.74, 6) is 0.513. The largest absolute Gasteiger partial charge is 0.507 e. The van der Waals surface area contributed by atoms with Crippen LogP contribution >= 0.6 is 0 Å². The highest BCUT2D eigenvalue weighted by molar-refractivity contribution is 6.21. The third kappa shape index (κ3) is 3.50. The number of rotatable bonds is 4. The highest BCUT2D eigenvalue weighted by Gasteiger charge is 2.27. The van der Waals surface area contributed by atoms with Crippen LogP contribution in [-0.4, -0.2) is 10.2 Å². The topological polar surface area (TPSA) is 40.5 Å². The van der Waals surface area contributed by atoms with Gasteiger partial charge in [0.2, 0.25) is 0 Å². The molecular formula is C36H24O2. The monoisotopic (exact) mass is 488 g/mol. The fourth-order valence-electron chi connectivity index (χ4n) is 5.71. The number of aromatic hydroxyl groups is 2. The Labute approximate surface area is 221 Å². The van der Waals surface area contributed by atoms with E-state index in [1.165, 1.54) is 21.9 Å². The van der Waals surface area contributed by atoms with E-state index in [2.05, 4.69) is 48.5 Å². The predicted octanol–water partition coefficient (Wildman–Crippen LogP) is 8.91. The van der Waals surface area contributed by atoms with E-state index in [9.17, 15) is 10.2 Å². The van der Waals surface area contributed by atoms with Gasteiger partial charge in [0.15, 0.2) is 0 Å². The molecule has 0 amide bonds. The first-order chi connectivity index (χ1) is 18.7. The number of phenolic OH excluding ortho intramolecular Hbond substituents is 2. The van der Waals surface area contributed by atoms with Crippen molar-refractivity contribution in [2.24, 2.45) is 0 Å². The maximum absolute atomic E-state index is 10.8. The molecule has 0 aromatic heterocycles. The maximum Gasteiger partial charge on any atom is 0.123 e. The number of phenols is 2. The lowest BCUT2D eigenvalue weighted by atomic mass is 9.89. The average molecular weight is 489 g/mol. The number of hydrogen-bond donors (Lipinski definition) is 2.